The van der Waals surface area contributed by atoms with E-state index < -0.39 is 0 Å². The molecule has 0 bridgehead atoms. The quantitative estimate of drug-likeness (QED) is 0.670. The zero-order valence-electron chi connectivity index (χ0n) is 8.59. The van der Waals surface area contributed by atoms with Crippen LogP contribution in [0.3, 0.4) is 0 Å². The Hall–Kier alpha value is -1.59. The van der Waals surface area contributed by atoms with Crippen molar-refractivity contribution in [2.75, 3.05) is 0 Å². The summed E-state index contributed by atoms with van der Waals surface area (Å²) in [6.07, 6.45) is 6.36. The van der Waals surface area contributed by atoms with E-state index in [9.17, 15) is 0 Å². The maximum atomic E-state index is 8.58. The summed E-state index contributed by atoms with van der Waals surface area (Å²) in [5, 5.41) is 12.4. The fraction of sp³-hybridized carbons (Fsp3) is 0.100. The number of rotatable bonds is 2. The van der Waals surface area contributed by atoms with Gasteiger partial charge in [0, 0.05) is 18.6 Å². The Morgan fingerprint density at radius 2 is 2.18 bits per heavy atom. The van der Waals surface area contributed by atoms with E-state index in [1.807, 2.05) is 6.07 Å². The summed E-state index contributed by atoms with van der Waals surface area (Å²) < 4.78 is 1.73. The van der Waals surface area contributed by atoms with E-state index in [4.69, 9.17) is 28.4 Å². The van der Waals surface area contributed by atoms with Gasteiger partial charge >= 0.3 is 0 Å². The summed E-state index contributed by atoms with van der Waals surface area (Å²) in [5.74, 6) is 0. The SMILES string of the molecule is ON=c1ncn(Cc2ccncc2Cl)cc1Cl. The standard InChI is InChI=1S/C10H8Cl2N4O/c11-8-3-13-2-1-7(8)4-16-5-9(12)10(15-17)14-6-16/h1-3,5-6,17H,4H2. The third-order valence-electron chi connectivity index (χ3n) is 2.13. The second-order valence-corrected chi connectivity index (χ2v) is 4.10. The van der Waals surface area contributed by atoms with Crippen molar-refractivity contribution < 1.29 is 5.21 Å². The molecule has 88 valence electrons. The first-order valence-corrected chi connectivity index (χ1v) is 5.44. The largest absolute Gasteiger partial charge is 0.409 e. The lowest BCUT2D eigenvalue weighted by Crippen LogP contribution is -2.13. The maximum Gasteiger partial charge on any atom is 0.212 e. The first-order valence-electron chi connectivity index (χ1n) is 4.69. The van der Waals surface area contributed by atoms with Gasteiger partial charge in [-0.1, -0.05) is 28.4 Å². The van der Waals surface area contributed by atoms with Crippen LogP contribution < -0.4 is 5.49 Å². The average Bonchev–Trinajstić information content (AvgIpc) is 2.32. The topological polar surface area (TPSA) is 63.3 Å². The summed E-state index contributed by atoms with van der Waals surface area (Å²) >= 11 is 11.8. The molecule has 0 atom stereocenters. The molecule has 0 aliphatic heterocycles. The summed E-state index contributed by atoms with van der Waals surface area (Å²) in [6.45, 7) is 0.514. The van der Waals surface area contributed by atoms with Crippen LogP contribution in [-0.4, -0.2) is 19.7 Å². The summed E-state index contributed by atoms with van der Waals surface area (Å²) in [7, 11) is 0. The van der Waals surface area contributed by atoms with E-state index in [0.29, 0.717) is 11.6 Å². The van der Waals surface area contributed by atoms with Gasteiger partial charge in [0.15, 0.2) is 0 Å². The Labute approximate surface area is 107 Å². The van der Waals surface area contributed by atoms with Crippen molar-refractivity contribution in [1.82, 2.24) is 14.5 Å². The molecule has 0 saturated carbocycles. The minimum absolute atomic E-state index is 0.0868. The van der Waals surface area contributed by atoms with E-state index in [-0.39, 0.29) is 10.5 Å². The normalized spacial score (nSPS) is 11.8. The number of aromatic nitrogens is 3. The lowest BCUT2D eigenvalue weighted by molar-refractivity contribution is 0.298. The summed E-state index contributed by atoms with van der Waals surface area (Å²) in [6, 6.07) is 1.81. The fourth-order valence-electron chi connectivity index (χ4n) is 1.32. The van der Waals surface area contributed by atoms with Crippen molar-refractivity contribution >= 4 is 23.2 Å². The molecule has 2 heterocycles. The second kappa shape index (κ2) is 5.16. The van der Waals surface area contributed by atoms with Crippen LogP contribution in [0.1, 0.15) is 5.56 Å². The van der Waals surface area contributed by atoms with Crippen molar-refractivity contribution in [1.29, 1.82) is 0 Å². The first-order chi connectivity index (χ1) is 8.20. The Bertz CT molecular complexity index is 597. The highest BCUT2D eigenvalue weighted by molar-refractivity contribution is 6.31. The van der Waals surface area contributed by atoms with Gasteiger partial charge in [0.1, 0.15) is 5.02 Å². The third kappa shape index (κ3) is 2.75. The van der Waals surface area contributed by atoms with Crippen LogP contribution >= 0.6 is 23.2 Å². The number of halogens is 2. The van der Waals surface area contributed by atoms with Crippen LogP contribution in [0.2, 0.25) is 10.0 Å². The van der Waals surface area contributed by atoms with Crippen LogP contribution in [0.15, 0.2) is 36.1 Å². The molecule has 7 heteroatoms. The highest BCUT2D eigenvalue weighted by atomic mass is 35.5. The Balaban J connectivity index is 2.32. The molecule has 17 heavy (non-hydrogen) atoms. The molecule has 1 N–H and O–H groups in total. The van der Waals surface area contributed by atoms with Crippen molar-refractivity contribution in [3.8, 4) is 0 Å². The first kappa shape index (κ1) is 11.9. The smallest absolute Gasteiger partial charge is 0.212 e. The summed E-state index contributed by atoms with van der Waals surface area (Å²) in [5.41, 5.74) is 0.988. The number of hydrogen-bond donors (Lipinski definition) is 1. The van der Waals surface area contributed by atoms with E-state index in [1.54, 1.807) is 23.2 Å². The molecule has 2 rings (SSSR count). The van der Waals surface area contributed by atoms with Crippen LogP contribution in [0.25, 0.3) is 0 Å². The molecule has 0 amide bonds. The monoisotopic (exact) mass is 270 g/mol. The van der Waals surface area contributed by atoms with E-state index >= 15 is 0 Å². The summed E-state index contributed by atoms with van der Waals surface area (Å²) in [4.78, 5) is 7.78. The fourth-order valence-corrected chi connectivity index (χ4v) is 1.71. The van der Waals surface area contributed by atoms with Gasteiger partial charge in [-0.2, -0.15) is 0 Å². The van der Waals surface area contributed by atoms with Gasteiger partial charge in [0.25, 0.3) is 0 Å². The predicted molar refractivity (Wildman–Crippen MR) is 62.9 cm³/mol. The maximum absolute atomic E-state index is 8.58. The molecule has 0 saturated heterocycles. The molecule has 0 aliphatic rings. The molecule has 5 nitrogen and oxygen atoms in total. The Morgan fingerprint density at radius 1 is 1.35 bits per heavy atom. The molecule has 0 aromatic carbocycles. The number of pyridine rings is 1. The Kier molecular flexibility index (Phi) is 3.61. The molecular formula is C10H8Cl2N4O. The van der Waals surface area contributed by atoms with Crippen molar-refractivity contribution in [2.24, 2.45) is 5.16 Å². The van der Waals surface area contributed by atoms with Gasteiger partial charge in [0.05, 0.1) is 17.9 Å². The number of nitrogens with zero attached hydrogens (tertiary/aromatic N) is 4. The highest BCUT2D eigenvalue weighted by Crippen LogP contribution is 2.14. The second-order valence-electron chi connectivity index (χ2n) is 3.28. The third-order valence-corrected chi connectivity index (χ3v) is 2.73. The van der Waals surface area contributed by atoms with Crippen molar-refractivity contribution in [3.63, 3.8) is 0 Å². The lowest BCUT2D eigenvalue weighted by Gasteiger charge is -2.07. The van der Waals surface area contributed by atoms with Gasteiger partial charge in [-0.25, -0.2) is 4.98 Å². The minimum Gasteiger partial charge on any atom is -0.409 e. The van der Waals surface area contributed by atoms with Gasteiger partial charge in [0.2, 0.25) is 5.49 Å². The van der Waals surface area contributed by atoms with Crippen LogP contribution in [0.5, 0.6) is 0 Å². The average molecular weight is 271 g/mol. The van der Waals surface area contributed by atoms with E-state index in [2.05, 4.69) is 15.1 Å². The Morgan fingerprint density at radius 3 is 2.82 bits per heavy atom. The zero-order valence-corrected chi connectivity index (χ0v) is 10.1. The predicted octanol–water partition coefficient (Wildman–Crippen LogP) is 1.92. The molecule has 0 unspecified atom stereocenters. The van der Waals surface area contributed by atoms with Gasteiger partial charge in [-0.05, 0) is 11.6 Å². The highest BCUT2D eigenvalue weighted by Gasteiger charge is 2.02. The number of hydrogen-bond acceptors (Lipinski definition) is 4. The molecular weight excluding hydrogens is 263 g/mol. The molecule has 0 aliphatic carbocycles. The van der Waals surface area contributed by atoms with E-state index in [0.717, 1.165) is 5.56 Å². The lowest BCUT2D eigenvalue weighted by atomic mass is 10.2. The van der Waals surface area contributed by atoms with E-state index in [1.165, 1.54) is 6.33 Å². The van der Waals surface area contributed by atoms with Gasteiger partial charge in [-0.3, -0.25) is 4.98 Å². The van der Waals surface area contributed by atoms with Crippen molar-refractivity contribution in [3.05, 3.63) is 52.1 Å². The van der Waals surface area contributed by atoms with Crippen LogP contribution in [-0.2, 0) is 6.54 Å². The van der Waals surface area contributed by atoms with Gasteiger partial charge in [-0.15, -0.1) is 0 Å². The molecule has 0 radical (unpaired) electrons. The van der Waals surface area contributed by atoms with Crippen LogP contribution in [0.4, 0.5) is 0 Å². The zero-order chi connectivity index (χ0) is 12.3. The van der Waals surface area contributed by atoms with Gasteiger partial charge < -0.3 is 9.77 Å². The molecule has 0 fully saturated rings. The van der Waals surface area contributed by atoms with Crippen molar-refractivity contribution in [2.45, 2.75) is 6.54 Å². The van der Waals surface area contributed by atoms with Crippen LogP contribution in [0, 0.1) is 0 Å². The molecule has 0 spiro atoms. The molecule has 2 aromatic heterocycles. The minimum atomic E-state index is 0.0868. The molecule has 2 aromatic rings.